The Kier molecular flexibility index (Phi) is 10.7. The van der Waals surface area contributed by atoms with Crippen LogP contribution < -0.4 is 14.8 Å². The van der Waals surface area contributed by atoms with Gasteiger partial charge in [-0.2, -0.15) is 0 Å². The van der Waals surface area contributed by atoms with E-state index in [0.29, 0.717) is 19.3 Å². The number of hydrogen-bond acceptors (Lipinski definition) is 3. The molecule has 1 aliphatic rings. The van der Waals surface area contributed by atoms with Crippen molar-refractivity contribution in [3.8, 4) is 11.5 Å². The van der Waals surface area contributed by atoms with Crippen LogP contribution in [0.25, 0.3) is 0 Å². The summed E-state index contributed by atoms with van der Waals surface area (Å²) in [5.41, 5.74) is 2.33. The summed E-state index contributed by atoms with van der Waals surface area (Å²) in [6.45, 7) is 4.00. The first-order valence-corrected chi connectivity index (χ1v) is 11.0. The van der Waals surface area contributed by atoms with Gasteiger partial charge in [0.2, 0.25) is 0 Å². The minimum atomic E-state index is 0. The van der Waals surface area contributed by atoms with E-state index < -0.39 is 0 Å². The van der Waals surface area contributed by atoms with Crippen LogP contribution in [0.4, 0.5) is 0 Å². The van der Waals surface area contributed by atoms with Crippen LogP contribution in [0.3, 0.4) is 0 Å². The van der Waals surface area contributed by atoms with Crippen molar-refractivity contribution in [3.63, 3.8) is 0 Å². The number of nitrogens with one attached hydrogen (secondary N) is 1. The van der Waals surface area contributed by atoms with E-state index in [1.807, 2.05) is 37.3 Å². The van der Waals surface area contributed by atoms with Crippen LogP contribution in [-0.2, 0) is 13.2 Å². The third-order valence-electron chi connectivity index (χ3n) is 5.32. The third kappa shape index (κ3) is 8.08. The highest BCUT2D eigenvalue weighted by atomic mass is 35.5. The highest BCUT2D eigenvalue weighted by Crippen LogP contribution is 2.29. The van der Waals surface area contributed by atoms with Crippen LogP contribution in [0.2, 0.25) is 5.02 Å². The summed E-state index contributed by atoms with van der Waals surface area (Å²) in [6, 6.07) is 14.6. The molecule has 3 nitrogen and oxygen atoms in total. The lowest BCUT2D eigenvalue weighted by Crippen LogP contribution is -2.29. The van der Waals surface area contributed by atoms with Gasteiger partial charge < -0.3 is 14.8 Å². The van der Waals surface area contributed by atoms with Crippen LogP contribution in [0.1, 0.15) is 63.0 Å². The Bertz CT molecular complexity index is 713. The maximum absolute atomic E-state index is 6.01. The van der Waals surface area contributed by atoms with Crippen molar-refractivity contribution in [3.05, 3.63) is 58.6 Å². The number of rotatable bonds is 8. The average molecular weight is 438 g/mol. The Morgan fingerprint density at radius 3 is 2.21 bits per heavy atom. The lowest BCUT2D eigenvalue weighted by atomic mass is 9.96. The van der Waals surface area contributed by atoms with Crippen LogP contribution >= 0.6 is 24.0 Å². The second-order valence-electron chi connectivity index (χ2n) is 7.55. The molecule has 0 aromatic heterocycles. The number of benzene rings is 2. The summed E-state index contributed by atoms with van der Waals surface area (Å²) in [5.74, 6) is 1.60. The first-order valence-electron chi connectivity index (χ1n) is 10.6. The second-order valence-corrected chi connectivity index (χ2v) is 7.99. The van der Waals surface area contributed by atoms with Gasteiger partial charge in [0, 0.05) is 17.6 Å². The smallest absolute Gasteiger partial charge is 0.161 e. The summed E-state index contributed by atoms with van der Waals surface area (Å²) in [5, 5.41) is 4.48. The molecule has 160 valence electrons. The normalized spacial score (nSPS) is 15.1. The van der Waals surface area contributed by atoms with Gasteiger partial charge in [0.25, 0.3) is 0 Å². The Balaban J connectivity index is 0.00000300. The molecule has 1 aliphatic carbocycles. The molecule has 29 heavy (non-hydrogen) atoms. The van der Waals surface area contributed by atoms with Crippen molar-refractivity contribution < 1.29 is 9.47 Å². The van der Waals surface area contributed by atoms with Gasteiger partial charge in [-0.25, -0.2) is 0 Å². The predicted molar refractivity (Wildman–Crippen MR) is 124 cm³/mol. The lowest BCUT2D eigenvalue weighted by Gasteiger charge is -2.21. The molecular formula is C24H33Cl2NO2. The molecule has 0 unspecified atom stereocenters. The van der Waals surface area contributed by atoms with Gasteiger partial charge in [-0.1, -0.05) is 61.9 Å². The summed E-state index contributed by atoms with van der Waals surface area (Å²) < 4.78 is 11.8. The number of hydrogen-bond donors (Lipinski definition) is 1. The molecule has 1 fully saturated rings. The van der Waals surface area contributed by atoms with Gasteiger partial charge >= 0.3 is 0 Å². The highest BCUT2D eigenvalue weighted by molar-refractivity contribution is 6.30. The molecule has 0 atom stereocenters. The molecule has 2 aromatic carbocycles. The van der Waals surface area contributed by atoms with Crippen molar-refractivity contribution in [2.24, 2.45) is 0 Å². The predicted octanol–water partition coefficient (Wildman–Crippen LogP) is 6.94. The van der Waals surface area contributed by atoms with Gasteiger partial charge in [0.15, 0.2) is 11.5 Å². The summed E-state index contributed by atoms with van der Waals surface area (Å²) in [4.78, 5) is 0. The fourth-order valence-electron chi connectivity index (χ4n) is 3.71. The van der Waals surface area contributed by atoms with Crippen LogP contribution in [0.15, 0.2) is 42.5 Å². The molecule has 3 rings (SSSR count). The van der Waals surface area contributed by atoms with E-state index >= 15 is 0 Å². The van der Waals surface area contributed by atoms with E-state index in [2.05, 4.69) is 17.4 Å². The second kappa shape index (κ2) is 13.0. The fourth-order valence-corrected chi connectivity index (χ4v) is 3.84. The highest BCUT2D eigenvalue weighted by Gasteiger charge is 2.12. The molecule has 0 spiro atoms. The van der Waals surface area contributed by atoms with Gasteiger partial charge in [0.1, 0.15) is 6.61 Å². The molecule has 5 heteroatoms. The fraction of sp³-hybridized carbons (Fsp3) is 0.500. The van der Waals surface area contributed by atoms with E-state index in [1.54, 1.807) is 0 Å². The first-order chi connectivity index (χ1) is 13.7. The molecule has 1 N–H and O–H groups in total. The zero-order chi connectivity index (χ0) is 19.6. The Morgan fingerprint density at radius 2 is 1.52 bits per heavy atom. The molecule has 0 saturated heterocycles. The Morgan fingerprint density at radius 1 is 0.862 bits per heavy atom. The van der Waals surface area contributed by atoms with Crippen molar-refractivity contribution in [1.82, 2.24) is 5.32 Å². The molecule has 2 aromatic rings. The molecule has 0 bridgehead atoms. The molecule has 0 radical (unpaired) electrons. The first kappa shape index (κ1) is 23.9. The van der Waals surface area contributed by atoms with Crippen LogP contribution in [0.5, 0.6) is 11.5 Å². The van der Waals surface area contributed by atoms with Crippen LogP contribution in [-0.4, -0.2) is 12.6 Å². The van der Waals surface area contributed by atoms with Gasteiger partial charge in [0.05, 0.1) is 6.61 Å². The van der Waals surface area contributed by atoms with Gasteiger partial charge in [-0.15, -0.1) is 12.4 Å². The molecule has 0 aliphatic heterocycles. The Hall–Kier alpha value is -1.42. The average Bonchev–Trinajstić information content (AvgIpc) is 2.68. The number of ether oxygens (including phenoxy) is 2. The van der Waals surface area contributed by atoms with Crippen LogP contribution in [0, 0.1) is 0 Å². The van der Waals surface area contributed by atoms with E-state index in [0.717, 1.165) is 28.6 Å². The third-order valence-corrected chi connectivity index (χ3v) is 5.57. The van der Waals surface area contributed by atoms with Crippen molar-refractivity contribution >= 4 is 24.0 Å². The van der Waals surface area contributed by atoms with E-state index in [1.165, 1.54) is 50.5 Å². The van der Waals surface area contributed by atoms with E-state index in [9.17, 15) is 0 Å². The monoisotopic (exact) mass is 437 g/mol. The quantitative estimate of drug-likeness (QED) is 0.484. The summed E-state index contributed by atoms with van der Waals surface area (Å²) in [6.07, 6.45) is 9.44. The van der Waals surface area contributed by atoms with Crippen molar-refractivity contribution in [2.75, 3.05) is 6.61 Å². The van der Waals surface area contributed by atoms with E-state index in [-0.39, 0.29) is 12.4 Å². The maximum Gasteiger partial charge on any atom is 0.161 e. The minimum absolute atomic E-state index is 0. The van der Waals surface area contributed by atoms with Crippen molar-refractivity contribution in [2.45, 2.75) is 71.1 Å². The molecule has 1 saturated carbocycles. The maximum atomic E-state index is 6.01. The van der Waals surface area contributed by atoms with Crippen molar-refractivity contribution in [1.29, 1.82) is 0 Å². The van der Waals surface area contributed by atoms with Gasteiger partial charge in [-0.3, -0.25) is 0 Å². The van der Waals surface area contributed by atoms with Gasteiger partial charge in [-0.05, 0) is 55.2 Å². The topological polar surface area (TPSA) is 30.5 Å². The molecular weight excluding hydrogens is 405 g/mol. The summed E-state index contributed by atoms with van der Waals surface area (Å²) >= 11 is 5.95. The SMILES string of the molecule is CCOc1cc(CNC2CCCCCCC2)ccc1OCc1ccc(Cl)cc1.Cl. The summed E-state index contributed by atoms with van der Waals surface area (Å²) in [7, 11) is 0. The minimum Gasteiger partial charge on any atom is -0.490 e. The standard InChI is InChI=1S/C24H32ClNO2.ClH/c1-2-27-24-16-20(17-26-22-8-6-4-3-5-7-9-22)12-15-23(24)28-18-19-10-13-21(25)14-11-19;/h10-16,22,26H,2-9,17-18H2,1H3;1H. The lowest BCUT2D eigenvalue weighted by molar-refractivity contribution is 0.269. The zero-order valence-corrected chi connectivity index (χ0v) is 18.9. The number of halogens is 2. The van der Waals surface area contributed by atoms with E-state index in [4.69, 9.17) is 21.1 Å². The molecule has 0 amide bonds. The molecule has 0 heterocycles. The Labute approximate surface area is 186 Å². The zero-order valence-electron chi connectivity index (χ0n) is 17.3. The largest absolute Gasteiger partial charge is 0.490 e.